The molecule has 0 aliphatic carbocycles. The number of ketones is 1. The van der Waals surface area contributed by atoms with Crippen LogP contribution in [-0.2, 0) is 4.79 Å². The highest BCUT2D eigenvalue weighted by Crippen LogP contribution is 2.21. The van der Waals surface area contributed by atoms with Gasteiger partial charge in [-0.15, -0.1) is 0 Å². The van der Waals surface area contributed by atoms with E-state index in [4.69, 9.17) is 1.37 Å². The summed E-state index contributed by atoms with van der Waals surface area (Å²) in [6.45, 7) is 3.06. The van der Waals surface area contributed by atoms with Crippen molar-refractivity contribution in [3.63, 3.8) is 0 Å². The molecule has 0 saturated heterocycles. The zero-order valence-corrected chi connectivity index (χ0v) is 8.71. The molecular weight excluding hydrogens is 247 g/mol. The Bertz CT molecular complexity index is 469. The molecule has 94 valence electrons. The molecule has 0 spiro atoms. The van der Waals surface area contributed by atoms with E-state index in [1.807, 2.05) is 0 Å². The van der Waals surface area contributed by atoms with Crippen LogP contribution < -0.4 is 0 Å². The smallest absolute Gasteiger partial charge is 0.200 e. The maximum Gasteiger partial charge on any atom is 0.200 e. The SMILES string of the molecule is CC(C)=O.[2H]C(=O)c1c(F)c(F)c(F)c(F)c1F. The summed E-state index contributed by atoms with van der Waals surface area (Å²) in [4.78, 5) is 19.7. The van der Waals surface area contributed by atoms with Gasteiger partial charge in [-0.1, -0.05) is 0 Å². The fraction of sp³-hybridized carbons (Fsp3) is 0.200. The lowest BCUT2D eigenvalue weighted by Crippen LogP contribution is -2.05. The molecule has 0 N–H and O–H groups in total. The Balaban J connectivity index is 0.000000631. The summed E-state index contributed by atoms with van der Waals surface area (Å²) < 4.78 is 68.6. The van der Waals surface area contributed by atoms with Crippen molar-refractivity contribution in [1.29, 1.82) is 0 Å². The summed E-state index contributed by atoms with van der Waals surface area (Å²) in [5.41, 5.74) is -1.75. The van der Waals surface area contributed by atoms with Crippen LogP contribution in [0.25, 0.3) is 0 Å². The Morgan fingerprint density at radius 3 is 1.41 bits per heavy atom. The number of aldehydes is 1. The van der Waals surface area contributed by atoms with E-state index < -0.39 is 40.9 Å². The van der Waals surface area contributed by atoms with Crippen molar-refractivity contribution in [2.24, 2.45) is 0 Å². The van der Waals surface area contributed by atoms with E-state index in [0.717, 1.165) is 0 Å². The molecule has 2 nitrogen and oxygen atoms in total. The Morgan fingerprint density at radius 1 is 0.941 bits per heavy atom. The number of rotatable bonds is 1. The molecule has 0 amide bonds. The summed E-state index contributed by atoms with van der Waals surface area (Å²) in [6.07, 6.45) is -1.97. The van der Waals surface area contributed by atoms with Crippen LogP contribution in [0.5, 0.6) is 0 Å². The highest BCUT2D eigenvalue weighted by atomic mass is 19.2. The molecule has 0 radical (unpaired) electrons. The summed E-state index contributed by atoms with van der Waals surface area (Å²) in [7, 11) is 0. The van der Waals surface area contributed by atoms with Crippen LogP contribution in [0.4, 0.5) is 22.0 Å². The molecule has 1 rings (SSSR count). The molecule has 17 heavy (non-hydrogen) atoms. The third kappa shape index (κ3) is 3.61. The minimum atomic E-state index is -2.36. The predicted octanol–water partition coefficient (Wildman–Crippen LogP) is 2.79. The molecule has 0 aliphatic rings. The van der Waals surface area contributed by atoms with Crippen LogP contribution in [0, 0.1) is 29.1 Å². The minimum Gasteiger partial charge on any atom is -0.300 e. The van der Waals surface area contributed by atoms with Gasteiger partial charge in [0.25, 0.3) is 0 Å². The molecule has 1 aromatic carbocycles. The van der Waals surface area contributed by atoms with Gasteiger partial charge < -0.3 is 4.79 Å². The van der Waals surface area contributed by atoms with Crippen molar-refractivity contribution < 1.29 is 32.9 Å². The van der Waals surface area contributed by atoms with Crippen LogP contribution in [0.1, 0.15) is 25.6 Å². The van der Waals surface area contributed by atoms with Gasteiger partial charge in [0.2, 0.25) is 5.82 Å². The Hall–Kier alpha value is -1.79. The average molecular weight is 255 g/mol. The van der Waals surface area contributed by atoms with E-state index in [1.165, 1.54) is 13.8 Å². The second-order valence-electron chi connectivity index (χ2n) is 2.96. The van der Waals surface area contributed by atoms with Crippen LogP contribution in [0.2, 0.25) is 0 Å². The van der Waals surface area contributed by atoms with Gasteiger partial charge in [0.15, 0.2) is 29.5 Å². The van der Waals surface area contributed by atoms with E-state index in [-0.39, 0.29) is 5.78 Å². The van der Waals surface area contributed by atoms with Gasteiger partial charge >= 0.3 is 0 Å². The monoisotopic (exact) mass is 255 g/mol. The quantitative estimate of drug-likeness (QED) is 0.334. The third-order valence-corrected chi connectivity index (χ3v) is 1.31. The number of Topliss-reactive ketones (excluding diaryl/α,β-unsaturated/α-hetero) is 1. The number of halogens is 5. The first-order chi connectivity index (χ1) is 8.11. The molecule has 0 heterocycles. The number of carbonyl (C=O) groups is 2. The van der Waals surface area contributed by atoms with Gasteiger partial charge in [-0.2, -0.15) is 0 Å². The lowest BCUT2D eigenvalue weighted by atomic mass is 10.2. The maximum atomic E-state index is 12.6. The van der Waals surface area contributed by atoms with Crippen LogP contribution in [0.15, 0.2) is 0 Å². The van der Waals surface area contributed by atoms with Crippen molar-refractivity contribution in [2.45, 2.75) is 13.8 Å². The number of benzene rings is 1. The molecular formula is C10H7F5O2. The normalized spacial score (nSPS) is 10.2. The maximum absolute atomic E-state index is 12.6. The lowest BCUT2D eigenvalue weighted by molar-refractivity contribution is -0.114. The first-order valence-corrected chi connectivity index (χ1v) is 4.10. The van der Waals surface area contributed by atoms with Crippen LogP contribution >= 0.6 is 0 Å². The van der Waals surface area contributed by atoms with Gasteiger partial charge in [-0.25, -0.2) is 22.0 Å². The van der Waals surface area contributed by atoms with E-state index >= 15 is 0 Å². The summed E-state index contributed by atoms with van der Waals surface area (Å²) in [6, 6.07) is 0. The molecule has 0 atom stereocenters. The van der Waals surface area contributed by atoms with Crippen molar-refractivity contribution in [2.75, 3.05) is 0 Å². The first kappa shape index (κ1) is 13.3. The predicted molar refractivity (Wildman–Crippen MR) is 48.0 cm³/mol. The van der Waals surface area contributed by atoms with Gasteiger partial charge in [0, 0.05) is 0 Å². The standard InChI is InChI=1S/C7HF5O.C3H6O/c8-3-2(1-13)4(9)6(11)7(12)5(3)10;1-3(2)4/h1H;1-2H3/i1D;. The van der Waals surface area contributed by atoms with Crippen molar-refractivity contribution in [3.8, 4) is 0 Å². The zero-order chi connectivity index (χ0) is 14.6. The molecule has 0 unspecified atom stereocenters. The molecule has 0 aliphatic heterocycles. The zero-order valence-electron chi connectivity index (χ0n) is 9.71. The number of hydrogen-bond acceptors (Lipinski definition) is 2. The van der Waals surface area contributed by atoms with Crippen LogP contribution in [0.3, 0.4) is 0 Å². The topological polar surface area (TPSA) is 34.1 Å². The van der Waals surface area contributed by atoms with Crippen molar-refractivity contribution in [3.05, 3.63) is 34.6 Å². The second kappa shape index (κ2) is 6.07. The Kier molecular flexibility index (Phi) is 4.74. The highest BCUT2D eigenvalue weighted by molar-refractivity contribution is 5.75. The molecule has 0 fully saturated rings. The average Bonchev–Trinajstić information content (AvgIpc) is 2.22. The van der Waals surface area contributed by atoms with Gasteiger partial charge in [0.05, 0.1) is 5.56 Å². The summed E-state index contributed by atoms with van der Waals surface area (Å²) in [5, 5.41) is 0. The molecule has 1 aromatic rings. The highest BCUT2D eigenvalue weighted by Gasteiger charge is 2.24. The molecule has 7 heteroatoms. The van der Waals surface area contributed by atoms with Crippen molar-refractivity contribution in [1.82, 2.24) is 0 Å². The molecule has 0 bridgehead atoms. The lowest BCUT2D eigenvalue weighted by Gasteiger charge is -2.01. The van der Waals surface area contributed by atoms with E-state index in [9.17, 15) is 31.5 Å². The van der Waals surface area contributed by atoms with Gasteiger partial charge in [-0.3, -0.25) is 4.79 Å². The molecule has 0 aromatic heterocycles. The van der Waals surface area contributed by atoms with Crippen molar-refractivity contribution >= 4 is 12.0 Å². The van der Waals surface area contributed by atoms with Gasteiger partial charge in [-0.05, 0) is 13.8 Å². The summed E-state index contributed by atoms with van der Waals surface area (Å²) >= 11 is 0. The second-order valence-corrected chi connectivity index (χ2v) is 2.96. The largest absolute Gasteiger partial charge is 0.300 e. The van der Waals surface area contributed by atoms with Crippen LogP contribution in [-0.4, -0.2) is 12.0 Å². The number of carbonyl (C=O) groups excluding carboxylic acids is 2. The minimum absolute atomic E-state index is 0.167. The van der Waals surface area contributed by atoms with E-state index in [2.05, 4.69) is 0 Å². The Labute approximate surface area is 94.5 Å². The fourth-order valence-corrected chi connectivity index (χ4v) is 0.695. The van der Waals surface area contributed by atoms with Gasteiger partial charge in [0.1, 0.15) is 7.15 Å². The van der Waals surface area contributed by atoms with E-state index in [1.54, 1.807) is 0 Å². The third-order valence-electron chi connectivity index (χ3n) is 1.31. The first-order valence-electron chi connectivity index (χ1n) is 4.60. The summed E-state index contributed by atoms with van der Waals surface area (Å²) in [5.74, 6) is -11.2. The molecule has 0 saturated carbocycles. The Morgan fingerprint density at radius 2 is 1.18 bits per heavy atom. The fourth-order valence-electron chi connectivity index (χ4n) is 0.695. The number of hydrogen-bond donors (Lipinski definition) is 0. The van der Waals surface area contributed by atoms with E-state index in [0.29, 0.717) is 0 Å².